The second-order valence-electron chi connectivity index (χ2n) is 4.38. The zero-order valence-corrected chi connectivity index (χ0v) is 9.92. The Morgan fingerprint density at radius 2 is 1.93 bits per heavy atom. The fraction of sp³-hybridized carbons (Fsp3) is 0.769. The highest BCUT2D eigenvalue weighted by atomic mass is 16.6. The zero-order valence-electron chi connectivity index (χ0n) is 9.92. The number of rotatable bonds is 7. The number of carbonyl (C=O) groups is 1. The Hall–Kier alpha value is -0.790. The molecule has 1 unspecified atom stereocenters. The summed E-state index contributed by atoms with van der Waals surface area (Å²) in [6.07, 6.45) is 11.5. The average Bonchev–Trinajstić information content (AvgIpc) is 2.56. The average molecular weight is 210 g/mol. The zero-order chi connectivity index (χ0) is 11.1. The molecule has 0 N–H and O–H groups in total. The number of cyclic esters (lactones) is 1. The second-order valence-corrected chi connectivity index (χ2v) is 4.38. The summed E-state index contributed by atoms with van der Waals surface area (Å²) in [6, 6.07) is 0. The molecule has 1 aliphatic heterocycles. The maximum absolute atomic E-state index is 11.1. The Labute approximate surface area is 92.7 Å². The monoisotopic (exact) mass is 210 g/mol. The van der Waals surface area contributed by atoms with Crippen LogP contribution in [-0.4, -0.2) is 11.6 Å². The molecule has 15 heavy (non-hydrogen) atoms. The Morgan fingerprint density at radius 3 is 2.47 bits per heavy atom. The Balaban J connectivity index is 2.38. The van der Waals surface area contributed by atoms with Gasteiger partial charge in [-0.2, -0.15) is 0 Å². The number of esters is 1. The maximum Gasteiger partial charge on any atom is 0.331 e. The van der Waals surface area contributed by atoms with Crippen molar-refractivity contribution < 1.29 is 9.53 Å². The summed E-state index contributed by atoms with van der Waals surface area (Å²) in [6.45, 7) is 4.34. The van der Waals surface area contributed by atoms with E-state index in [-0.39, 0.29) is 11.6 Å². The summed E-state index contributed by atoms with van der Waals surface area (Å²) in [4.78, 5) is 11.1. The van der Waals surface area contributed by atoms with E-state index in [0.717, 1.165) is 25.7 Å². The molecule has 2 heteroatoms. The predicted molar refractivity (Wildman–Crippen MR) is 61.6 cm³/mol. The lowest BCUT2D eigenvalue weighted by atomic mass is 9.91. The van der Waals surface area contributed by atoms with Crippen molar-refractivity contribution >= 4 is 5.97 Å². The molecule has 1 heterocycles. The third kappa shape index (κ3) is 3.69. The van der Waals surface area contributed by atoms with Crippen LogP contribution < -0.4 is 0 Å². The highest BCUT2D eigenvalue weighted by Crippen LogP contribution is 2.31. The summed E-state index contributed by atoms with van der Waals surface area (Å²) in [5, 5.41) is 0. The van der Waals surface area contributed by atoms with Crippen molar-refractivity contribution in [1.29, 1.82) is 0 Å². The van der Waals surface area contributed by atoms with Gasteiger partial charge in [0.05, 0.1) is 0 Å². The molecule has 1 aliphatic rings. The number of ether oxygens (including phenoxy) is 1. The van der Waals surface area contributed by atoms with Gasteiger partial charge in [-0.3, -0.25) is 0 Å². The van der Waals surface area contributed by atoms with Crippen LogP contribution >= 0.6 is 0 Å². The van der Waals surface area contributed by atoms with E-state index in [0.29, 0.717) is 0 Å². The van der Waals surface area contributed by atoms with Crippen LogP contribution in [-0.2, 0) is 9.53 Å². The van der Waals surface area contributed by atoms with E-state index >= 15 is 0 Å². The molecule has 0 aliphatic carbocycles. The minimum atomic E-state index is -0.264. The standard InChI is InChI=1S/C13H22O2/c1-3-5-6-7-10-13(9-4-2)11-8-12(14)15-13/h8,11H,3-7,9-10H2,1-2H3. The smallest absolute Gasteiger partial charge is 0.331 e. The van der Waals surface area contributed by atoms with Gasteiger partial charge in [-0.25, -0.2) is 4.79 Å². The highest BCUT2D eigenvalue weighted by Gasteiger charge is 2.33. The van der Waals surface area contributed by atoms with Crippen LogP contribution in [0.5, 0.6) is 0 Å². The lowest BCUT2D eigenvalue weighted by molar-refractivity contribution is -0.146. The van der Waals surface area contributed by atoms with E-state index < -0.39 is 0 Å². The summed E-state index contributed by atoms with van der Waals surface area (Å²) >= 11 is 0. The number of hydrogen-bond acceptors (Lipinski definition) is 2. The van der Waals surface area contributed by atoms with Crippen LogP contribution in [0.25, 0.3) is 0 Å². The van der Waals surface area contributed by atoms with Gasteiger partial charge in [0.25, 0.3) is 0 Å². The molecule has 86 valence electrons. The molecule has 0 aromatic carbocycles. The van der Waals surface area contributed by atoms with E-state index in [2.05, 4.69) is 13.8 Å². The minimum absolute atomic E-state index is 0.168. The van der Waals surface area contributed by atoms with Gasteiger partial charge in [0.2, 0.25) is 0 Å². The van der Waals surface area contributed by atoms with Crippen LogP contribution in [0.2, 0.25) is 0 Å². The van der Waals surface area contributed by atoms with Crippen LogP contribution in [0.4, 0.5) is 0 Å². The summed E-state index contributed by atoms with van der Waals surface area (Å²) in [5.74, 6) is -0.168. The first-order valence-corrected chi connectivity index (χ1v) is 6.14. The normalized spacial score (nSPS) is 24.5. The van der Waals surface area contributed by atoms with Gasteiger partial charge in [-0.05, 0) is 25.3 Å². The van der Waals surface area contributed by atoms with Gasteiger partial charge in [-0.1, -0.05) is 39.5 Å². The quantitative estimate of drug-likeness (QED) is 0.474. The Morgan fingerprint density at radius 1 is 1.13 bits per heavy atom. The fourth-order valence-electron chi connectivity index (χ4n) is 2.16. The fourth-order valence-corrected chi connectivity index (χ4v) is 2.16. The van der Waals surface area contributed by atoms with Crippen LogP contribution in [0.1, 0.15) is 58.8 Å². The van der Waals surface area contributed by atoms with E-state index in [4.69, 9.17) is 4.74 Å². The van der Waals surface area contributed by atoms with E-state index in [9.17, 15) is 4.79 Å². The number of carbonyl (C=O) groups excluding carboxylic acids is 1. The molecule has 1 rings (SSSR count). The molecule has 0 fully saturated rings. The van der Waals surface area contributed by atoms with Crippen LogP contribution in [0.3, 0.4) is 0 Å². The maximum atomic E-state index is 11.1. The molecular weight excluding hydrogens is 188 g/mol. The predicted octanol–water partition coefficient (Wildman–Crippen LogP) is 3.61. The van der Waals surface area contributed by atoms with Crippen molar-refractivity contribution in [2.45, 2.75) is 64.4 Å². The molecule has 2 nitrogen and oxygen atoms in total. The van der Waals surface area contributed by atoms with E-state index in [1.165, 1.54) is 19.3 Å². The molecule has 0 aromatic heterocycles. The van der Waals surface area contributed by atoms with E-state index in [1.807, 2.05) is 6.08 Å². The summed E-state index contributed by atoms with van der Waals surface area (Å²) < 4.78 is 5.42. The topological polar surface area (TPSA) is 26.3 Å². The van der Waals surface area contributed by atoms with Gasteiger partial charge in [0.1, 0.15) is 5.60 Å². The van der Waals surface area contributed by atoms with E-state index in [1.54, 1.807) is 6.08 Å². The number of unbranched alkanes of at least 4 members (excludes halogenated alkanes) is 3. The highest BCUT2D eigenvalue weighted by molar-refractivity contribution is 5.85. The Bertz CT molecular complexity index is 233. The molecule has 0 aromatic rings. The van der Waals surface area contributed by atoms with Gasteiger partial charge in [-0.15, -0.1) is 0 Å². The van der Waals surface area contributed by atoms with Gasteiger partial charge in [0.15, 0.2) is 0 Å². The Kier molecular flexibility index (Phi) is 4.86. The third-order valence-electron chi connectivity index (χ3n) is 2.95. The first-order valence-electron chi connectivity index (χ1n) is 6.14. The van der Waals surface area contributed by atoms with Crippen molar-refractivity contribution in [3.05, 3.63) is 12.2 Å². The van der Waals surface area contributed by atoms with Crippen LogP contribution in [0, 0.1) is 0 Å². The number of hydrogen-bond donors (Lipinski definition) is 0. The molecule has 0 spiro atoms. The van der Waals surface area contributed by atoms with Crippen molar-refractivity contribution in [3.63, 3.8) is 0 Å². The molecule has 1 atom stereocenters. The van der Waals surface area contributed by atoms with Gasteiger partial charge < -0.3 is 4.74 Å². The molecular formula is C13H22O2. The van der Waals surface area contributed by atoms with Gasteiger partial charge >= 0.3 is 5.97 Å². The molecule has 0 saturated heterocycles. The lowest BCUT2D eigenvalue weighted by Crippen LogP contribution is -2.28. The first-order chi connectivity index (χ1) is 7.22. The second kappa shape index (κ2) is 5.94. The largest absolute Gasteiger partial charge is 0.452 e. The molecule has 0 amide bonds. The molecule has 0 bridgehead atoms. The van der Waals surface area contributed by atoms with Crippen molar-refractivity contribution in [3.8, 4) is 0 Å². The van der Waals surface area contributed by atoms with Crippen molar-refractivity contribution in [2.24, 2.45) is 0 Å². The van der Waals surface area contributed by atoms with Crippen molar-refractivity contribution in [2.75, 3.05) is 0 Å². The first kappa shape index (κ1) is 12.3. The summed E-state index contributed by atoms with van der Waals surface area (Å²) in [7, 11) is 0. The SMILES string of the molecule is CCCCCCC1(CCC)C=CC(=O)O1. The minimum Gasteiger partial charge on any atom is -0.452 e. The molecule has 0 radical (unpaired) electrons. The van der Waals surface area contributed by atoms with Gasteiger partial charge in [0, 0.05) is 6.08 Å². The third-order valence-corrected chi connectivity index (χ3v) is 2.95. The summed E-state index contributed by atoms with van der Waals surface area (Å²) in [5.41, 5.74) is -0.264. The van der Waals surface area contributed by atoms with Crippen LogP contribution in [0.15, 0.2) is 12.2 Å². The molecule has 0 saturated carbocycles. The van der Waals surface area contributed by atoms with Crippen molar-refractivity contribution in [1.82, 2.24) is 0 Å². The lowest BCUT2D eigenvalue weighted by Gasteiger charge is -2.26.